The third-order valence-electron chi connectivity index (χ3n) is 2.89. The van der Waals surface area contributed by atoms with E-state index in [9.17, 15) is 4.79 Å². The number of anilines is 1. The summed E-state index contributed by atoms with van der Waals surface area (Å²) in [5, 5.41) is 3.07. The number of rotatable bonds is 7. The molecule has 1 aromatic rings. The summed E-state index contributed by atoms with van der Waals surface area (Å²) in [5.74, 6) is 0.581. The van der Waals surface area contributed by atoms with E-state index in [0.29, 0.717) is 25.6 Å². The van der Waals surface area contributed by atoms with Crippen molar-refractivity contribution in [3.05, 3.63) is 22.7 Å². The molecule has 0 radical (unpaired) electrons. The highest BCUT2D eigenvalue weighted by Gasteiger charge is 2.28. The van der Waals surface area contributed by atoms with Gasteiger partial charge in [-0.2, -0.15) is 4.98 Å². The summed E-state index contributed by atoms with van der Waals surface area (Å²) in [6, 6.07) is 1.76. The smallest absolute Gasteiger partial charge is 0.351 e. The number of nitrogens with zero attached hydrogens (tertiary/aromatic N) is 2. The first-order valence-electron chi connectivity index (χ1n) is 6.92. The Morgan fingerprint density at radius 1 is 1.55 bits per heavy atom. The second-order valence-electron chi connectivity index (χ2n) is 4.44. The molecular formula is C13H21N3O4. The monoisotopic (exact) mass is 283 g/mol. The molecule has 2 rings (SSSR count). The van der Waals surface area contributed by atoms with Gasteiger partial charge in [-0.3, -0.25) is 4.57 Å². The largest absolute Gasteiger partial charge is 0.376 e. The van der Waals surface area contributed by atoms with Crippen molar-refractivity contribution in [2.75, 3.05) is 31.7 Å². The van der Waals surface area contributed by atoms with E-state index < -0.39 is 12.5 Å². The van der Waals surface area contributed by atoms with E-state index in [4.69, 9.17) is 14.2 Å². The third kappa shape index (κ3) is 3.78. The fraction of sp³-hybridized carbons (Fsp3) is 0.692. The zero-order valence-electron chi connectivity index (χ0n) is 11.9. The molecule has 7 heteroatoms. The minimum absolute atomic E-state index is 0.320. The topological polar surface area (TPSA) is 74.6 Å². The molecule has 1 saturated heterocycles. The fourth-order valence-corrected chi connectivity index (χ4v) is 1.87. The van der Waals surface area contributed by atoms with Crippen LogP contribution in [-0.4, -0.2) is 42.2 Å². The highest BCUT2D eigenvalue weighted by atomic mass is 16.7. The van der Waals surface area contributed by atoms with Gasteiger partial charge in [0.2, 0.25) is 0 Å². The maximum atomic E-state index is 12.0. The number of nitrogens with one attached hydrogen (secondary N) is 1. The molecule has 2 heterocycles. The lowest BCUT2D eigenvalue weighted by Gasteiger charge is -2.13. The van der Waals surface area contributed by atoms with Gasteiger partial charge in [0.05, 0.1) is 13.2 Å². The second-order valence-corrected chi connectivity index (χ2v) is 4.44. The van der Waals surface area contributed by atoms with Gasteiger partial charge in [0, 0.05) is 19.3 Å². The van der Waals surface area contributed by atoms with Gasteiger partial charge >= 0.3 is 5.69 Å². The molecule has 0 unspecified atom stereocenters. The molecule has 0 aliphatic carbocycles. The van der Waals surface area contributed by atoms with Gasteiger partial charge in [-0.25, -0.2) is 4.79 Å². The molecule has 1 N–H and O–H groups in total. The normalized spacial score (nSPS) is 22.1. The van der Waals surface area contributed by atoms with Crippen LogP contribution < -0.4 is 11.0 Å². The van der Waals surface area contributed by atoms with E-state index in [1.54, 1.807) is 12.3 Å². The van der Waals surface area contributed by atoms with E-state index in [2.05, 4.69) is 17.2 Å². The maximum Gasteiger partial charge on any atom is 0.351 e. The van der Waals surface area contributed by atoms with Crippen LogP contribution in [0.25, 0.3) is 0 Å². The Bertz CT molecular complexity index is 477. The lowest BCUT2D eigenvalue weighted by atomic mass is 10.4. The molecule has 1 aliphatic heterocycles. The molecule has 0 spiro atoms. The summed E-state index contributed by atoms with van der Waals surface area (Å²) < 4.78 is 17.7. The first-order chi connectivity index (χ1) is 9.74. The molecule has 112 valence electrons. The van der Waals surface area contributed by atoms with Gasteiger partial charge < -0.3 is 19.5 Å². The van der Waals surface area contributed by atoms with Gasteiger partial charge in [-0.15, -0.1) is 0 Å². The SMILES string of the molecule is CCCNc1ccn([C@@H]2CO[C@H](COCC)O2)c(=O)n1. The van der Waals surface area contributed by atoms with Crippen LogP contribution in [0.4, 0.5) is 5.82 Å². The molecule has 0 bridgehead atoms. The van der Waals surface area contributed by atoms with Crippen LogP contribution >= 0.6 is 0 Å². The van der Waals surface area contributed by atoms with Crippen LogP contribution in [0.3, 0.4) is 0 Å². The molecule has 1 aliphatic rings. The van der Waals surface area contributed by atoms with Crippen molar-refractivity contribution < 1.29 is 14.2 Å². The number of aromatic nitrogens is 2. The molecule has 0 saturated carbocycles. The summed E-state index contributed by atoms with van der Waals surface area (Å²) in [6.07, 6.45) is 1.78. The number of hydrogen-bond donors (Lipinski definition) is 1. The Labute approximate surface area is 117 Å². The molecule has 1 aromatic heterocycles. The van der Waals surface area contributed by atoms with Gasteiger partial charge in [-0.1, -0.05) is 6.92 Å². The van der Waals surface area contributed by atoms with Crippen molar-refractivity contribution in [1.29, 1.82) is 0 Å². The highest BCUT2D eigenvalue weighted by molar-refractivity contribution is 5.31. The first kappa shape index (κ1) is 15.0. The molecule has 0 aromatic carbocycles. The van der Waals surface area contributed by atoms with Gasteiger partial charge in [0.1, 0.15) is 5.82 Å². The van der Waals surface area contributed by atoms with Crippen molar-refractivity contribution >= 4 is 5.82 Å². The second kappa shape index (κ2) is 7.37. The Balaban J connectivity index is 1.98. The van der Waals surface area contributed by atoms with Crippen LogP contribution in [0.1, 0.15) is 26.5 Å². The van der Waals surface area contributed by atoms with E-state index in [1.807, 2.05) is 6.92 Å². The van der Waals surface area contributed by atoms with Crippen LogP contribution in [0.15, 0.2) is 17.1 Å². The zero-order chi connectivity index (χ0) is 14.4. The van der Waals surface area contributed by atoms with Gasteiger partial charge in [0.15, 0.2) is 12.5 Å². The highest BCUT2D eigenvalue weighted by Crippen LogP contribution is 2.19. The number of hydrogen-bond acceptors (Lipinski definition) is 6. The Morgan fingerprint density at radius 2 is 2.40 bits per heavy atom. The van der Waals surface area contributed by atoms with E-state index in [1.165, 1.54) is 4.57 Å². The summed E-state index contributed by atoms with van der Waals surface area (Å²) in [7, 11) is 0. The molecule has 7 nitrogen and oxygen atoms in total. The summed E-state index contributed by atoms with van der Waals surface area (Å²) >= 11 is 0. The Morgan fingerprint density at radius 3 is 3.10 bits per heavy atom. The van der Waals surface area contributed by atoms with Crippen LogP contribution in [-0.2, 0) is 14.2 Å². The fourth-order valence-electron chi connectivity index (χ4n) is 1.87. The molecule has 0 amide bonds. The maximum absolute atomic E-state index is 12.0. The zero-order valence-corrected chi connectivity index (χ0v) is 11.9. The van der Waals surface area contributed by atoms with E-state index in [-0.39, 0.29) is 5.69 Å². The lowest BCUT2D eigenvalue weighted by molar-refractivity contribution is -0.113. The van der Waals surface area contributed by atoms with Gasteiger partial charge in [0.25, 0.3) is 0 Å². The number of ether oxygens (including phenoxy) is 3. The average molecular weight is 283 g/mol. The van der Waals surface area contributed by atoms with Crippen LogP contribution in [0.2, 0.25) is 0 Å². The van der Waals surface area contributed by atoms with E-state index >= 15 is 0 Å². The Kier molecular flexibility index (Phi) is 5.51. The van der Waals surface area contributed by atoms with Crippen LogP contribution in [0, 0.1) is 0 Å². The van der Waals surface area contributed by atoms with Crippen molar-refractivity contribution in [2.45, 2.75) is 32.8 Å². The van der Waals surface area contributed by atoms with Crippen molar-refractivity contribution in [1.82, 2.24) is 9.55 Å². The van der Waals surface area contributed by atoms with Gasteiger partial charge in [-0.05, 0) is 19.4 Å². The minimum atomic E-state index is -0.444. The molecule has 20 heavy (non-hydrogen) atoms. The predicted molar refractivity (Wildman–Crippen MR) is 73.6 cm³/mol. The lowest BCUT2D eigenvalue weighted by Crippen LogP contribution is -2.29. The average Bonchev–Trinajstić information content (AvgIpc) is 2.91. The predicted octanol–water partition coefficient (Wildman–Crippen LogP) is 0.973. The molecular weight excluding hydrogens is 262 g/mol. The third-order valence-corrected chi connectivity index (χ3v) is 2.89. The van der Waals surface area contributed by atoms with Crippen molar-refractivity contribution in [3.8, 4) is 0 Å². The van der Waals surface area contributed by atoms with E-state index in [0.717, 1.165) is 13.0 Å². The first-order valence-corrected chi connectivity index (χ1v) is 6.92. The summed E-state index contributed by atoms with van der Waals surface area (Å²) in [4.78, 5) is 15.9. The summed E-state index contributed by atoms with van der Waals surface area (Å²) in [6.45, 7) is 6.04. The quantitative estimate of drug-likeness (QED) is 0.804. The van der Waals surface area contributed by atoms with Crippen molar-refractivity contribution in [2.24, 2.45) is 0 Å². The summed E-state index contributed by atoms with van der Waals surface area (Å²) in [5.41, 5.74) is -0.350. The minimum Gasteiger partial charge on any atom is -0.376 e. The molecule has 1 fully saturated rings. The van der Waals surface area contributed by atoms with Crippen molar-refractivity contribution in [3.63, 3.8) is 0 Å². The Hall–Kier alpha value is -1.44. The standard InChI is InChI=1S/C13H21N3O4/c1-3-6-14-10-5-7-16(13(17)15-10)11-8-19-12(20-11)9-18-4-2/h5,7,11-12H,3-4,6,8-9H2,1-2H3,(H,14,15,17)/t11-,12-/m0/s1. The molecule has 2 atom stereocenters. The van der Waals surface area contributed by atoms with Crippen LogP contribution in [0.5, 0.6) is 0 Å².